The maximum atomic E-state index is 12.1. The second-order valence-corrected chi connectivity index (χ2v) is 4.97. The van der Waals surface area contributed by atoms with Crippen molar-refractivity contribution < 1.29 is 9.53 Å². The third kappa shape index (κ3) is 1.80. The van der Waals surface area contributed by atoms with E-state index in [1.54, 1.807) is 7.11 Å². The monoisotopic (exact) mass is 267 g/mol. The number of methoxy groups -OCH3 is 1. The molecule has 5 heteroatoms. The first-order valence-corrected chi connectivity index (χ1v) is 6.38. The van der Waals surface area contributed by atoms with Gasteiger partial charge in [-0.3, -0.25) is 4.79 Å². The maximum absolute atomic E-state index is 12.1. The number of fused-ring (bicyclic) bond motifs is 1. The average Bonchev–Trinajstić information content (AvgIpc) is 3.28. The van der Waals surface area contributed by atoms with Crippen LogP contribution in [0.25, 0.3) is 21.2 Å². The Labute approximate surface area is 115 Å². The van der Waals surface area contributed by atoms with Crippen LogP contribution >= 0.6 is 0 Å². The Kier molecular flexibility index (Phi) is 2.84. The van der Waals surface area contributed by atoms with Crippen LogP contribution in [0.2, 0.25) is 0 Å². The zero-order chi connectivity index (χ0) is 14.2. The SMILES string of the molecule is COc1ccc2cccc(C3(C(=O)N=[N+]=[N-])CC3)c2c1. The van der Waals surface area contributed by atoms with E-state index in [1.807, 2.05) is 36.4 Å². The molecule has 1 aliphatic rings. The Hall–Kier alpha value is -2.52. The van der Waals surface area contributed by atoms with Crippen LogP contribution in [0.4, 0.5) is 0 Å². The smallest absolute Gasteiger partial charge is 0.229 e. The number of rotatable bonds is 3. The number of hydrogen-bond acceptors (Lipinski definition) is 2. The second kappa shape index (κ2) is 4.54. The predicted molar refractivity (Wildman–Crippen MR) is 75.6 cm³/mol. The molecule has 0 atom stereocenters. The minimum atomic E-state index is -0.641. The van der Waals surface area contributed by atoms with Gasteiger partial charge in [0.25, 0.3) is 0 Å². The fourth-order valence-corrected chi connectivity index (χ4v) is 2.66. The van der Waals surface area contributed by atoms with Gasteiger partial charge in [-0.05, 0) is 52.0 Å². The molecular weight excluding hydrogens is 254 g/mol. The molecule has 100 valence electrons. The number of benzene rings is 2. The Morgan fingerprint density at radius 2 is 2.15 bits per heavy atom. The van der Waals surface area contributed by atoms with Gasteiger partial charge in [-0.15, -0.1) is 0 Å². The van der Waals surface area contributed by atoms with Crippen LogP contribution in [0.15, 0.2) is 41.5 Å². The van der Waals surface area contributed by atoms with Crippen LogP contribution in [0.1, 0.15) is 18.4 Å². The number of carbonyl (C=O) groups excluding carboxylic acids is 1. The highest BCUT2D eigenvalue weighted by Gasteiger charge is 2.51. The van der Waals surface area contributed by atoms with Crippen molar-refractivity contribution in [2.45, 2.75) is 18.3 Å². The number of azide groups is 1. The summed E-state index contributed by atoms with van der Waals surface area (Å²) >= 11 is 0. The van der Waals surface area contributed by atoms with Crippen molar-refractivity contribution >= 4 is 16.7 Å². The van der Waals surface area contributed by atoms with Crippen LogP contribution in [-0.4, -0.2) is 13.0 Å². The molecule has 2 aromatic rings. The van der Waals surface area contributed by atoms with Crippen molar-refractivity contribution in [3.8, 4) is 5.75 Å². The van der Waals surface area contributed by atoms with Crippen molar-refractivity contribution in [2.75, 3.05) is 7.11 Å². The summed E-state index contributed by atoms with van der Waals surface area (Å²) < 4.78 is 5.25. The van der Waals surface area contributed by atoms with Crippen molar-refractivity contribution in [3.63, 3.8) is 0 Å². The second-order valence-electron chi connectivity index (χ2n) is 4.97. The normalized spacial score (nSPS) is 15.4. The molecule has 0 unspecified atom stereocenters. The standard InChI is InChI=1S/C15H13N3O2/c1-20-11-6-5-10-3-2-4-13(12(10)9-11)15(7-8-15)14(19)17-18-16/h2-6,9H,7-8H2,1H3. The fraction of sp³-hybridized carbons (Fsp3) is 0.267. The topological polar surface area (TPSA) is 75.1 Å². The molecular formula is C15H13N3O2. The number of carbonyl (C=O) groups is 1. The maximum Gasteiger partial charge on any atom is 0.229 e. The molecule has 0 radical (unpaired) electrons. The lowest BCUT2D eigenvalue weighted by Gasteiger charge is -2.15. The summed E-state index contributed by atoms with van der Waals surface area (Å²) in [4.78, 5) is 14.7. The van der Waals surface area contributed by atoms with E-state index in [-0.39, 0.29) is 0 Å². The molecule has 0 N–H and O–H groups in total. The van der Waals surface area contributed by atoms with E-state index in [9.17, 15) is 4.79 Å². The number of hydrogen-bond donors (Lipinski definition) is 0. The Balaban J connectivity index is 2.21. The van der Waals surface area contributed by atoms with E-state index >= 15 is 0 Å². The number of nitrogens with zero attached hydrogens (tertiary/aromatic N) is 3. The van der Waals surface area contributed by atoms with Crippen molar-refractivity contribution in [1.82, 2.24) is 0 Å². The molecule has 1 aliphatic carbocycles. The summed E-state index contributed by atoms with van der Waals surface area (Å²) in [5.41, 5.74) is 8.77. The lowest BCUT2D eigenvalue weighted by Crippen LogP contribution is -2.18. The van der Waals surface area contributed by atoms with E-state index in [0.29, 0.717) is 0 Å². The Morgan fingerprint density at radius 1 is 1.35 bits per heavy atom. The highest BCUT2D eigenvalue weighted by atomic mass is 16.5. The van der Waals surface area contributed by atoms with E-state index in [1.165, 1.54) is 0 Å². The molecule has 1 amide bonds. The zero-order valence-corrected chi connectivity index (χ0v) is 11.0. The lowest BCUT2D eigenvalue weighted by atomic mass is 9.90. The molecule has 1 fully saturated rings. The molecule has 0 aromatic heterocycles. The van der Waals surface area contributed by atoms with Crippen molar-refractivity contribution in [2.24, 2.45) is 5.11 Å². The minimum Gasteiger partial charge on any atom is -0.497 e. The predicted octanol–water partition coefficient (Wildman–Crippen LogP) is 3.72. The number of amides is 1. The summed E-state index contributed by atoms with van der Waals surface area (Å²) in [5, 5.41) is 5.32. The van der Waals surface area contributed by atoms with Crippen LogP contribution in [-0.2, 0) is 10.2 Å². The quantitative estimate of drug-likeness (QED) is 0.483. The van der Waals surface area contributed by atoms with Gasteiger partial charge in [-0.25, -0.2) is 0 Å². The van der Waals surface area contributed by atoms with Gasteiger partial charge < -0.3 is 4.74 Å². The van der Waals surface area contributed by atoms with Gasteiger partial charge >= 0.3 is 0 Å². The molecule has 0 heterocycles. The van der Waals surface area contributed by atoms with Crippen LogP contribution in [0, 0.1) is 0 Å². The van der Waals surface area contributed by atoms with E-state index in [2.05, 4.69) is 10.0 Å². The molecule has 0 spiro atoms. The summed E-state index contributed by atoms with van der Waals surface area (Å²) in [7, 11) is 1.61. The van der Waals surface area contributed by atoms with Gasteiger partial charge in [0.2, 0.25) is 5.91 Å². The first-order valence-electron chi connectivity index (χ1n) is 6.38. The van der Waals surface area contributed by atoms with Gasteiger partial charge in [0.1, 0.15) is 5.75 Å². The summed E-state index contributed by atoms with van der Waals surface area (Å²) in [6, 6.07) is 11.6. The third-order valence-corrected chi connectivity index (χ3v) is 3.90. The van der Waals surface area contributed by atoms with E-state index < -0.39 is 11.3 Å². The summed E-state index contributed by atoms with van der Waals surface area (Å²) in [6.45, 7) is 0. The Bertz CT molecular complexity index is 744. The van der Waals surface area contributed by atoms with Gasteiger partial charge in [0, 0.05) is 4.91 Å². The van der Waals surface area contributed by atoms with Crippen molar-refractivity contribution in [3.05, 3.63) is 52.4 Å². The summed E-state index contributed by atoms with van der Waals surface area (Å²) in [5.74, 6) is 0.354. The fourth-order valence-electron chi connectivity index (χ4n) is 2.66. The highest BCUT2D eigenvalue weighted by molar-refractivity contribution is 5.98. The van der Waals surface area contributed by atoms with Crippen LogP contribution < -0.4 is 4.74 Å². The minimum absolute atomic E-state index is 0.393. The first kappa shape index (κ1) is 12.5. The molecule has 20 heavy (non-hydrogen) atoms. The van der Waals surface area contributed by atoms with Gasteiger partial charge in [-0.1, -0.05) is 24.3 Å². The van der Waals surface area contributed by atoms with Crippen LogP contribution in [0.3, 0.4) is 0 Å². The van der Waals surface area contributed by atoms with Gasteiger partial charge in [-0.2, -0.15) is 0 Å². The largest absolute Gasteiger partial charge is 0.497 e. The Morgan fingerprint density at radius 3 is 2.80 bits per heavy atom. The van der Waals surface area contributed by atoms with Gasteiger partial charge in [0.05, 0.1) is 12.5 Å². The molecule has 0 bridgehead atoms. The lowest BCUT2D eigenvalue weighted by molar-refractivity contribution is -0.120. The first-order chi connectivity index (χ1) is 9.71. The highest BCUT2D eigenvalue weighted by Crippen LogP contribution is 2.51. The molecule has 2 aromatic carbocycles. The molecule has 0 saturated heterocycles. The molecule has 0 aliphatic heterocycles. The number of ether oxygens (including phenoxy) is 1. The third-order valence-electron chi connectivity index (χ3n) is 3.90. The van der Waals surface area contributed by atoms with E-state index in [0.717, 1.165) is 34.9 Å². The molecule has 5 nitrogen and oxygen atoms in total. The van der Waals surface area contributed by atoms with Crippen LogP contribution in [0.5, 0.6) is 5.75 Å². The average molecular weight is 267 g/mol. The van der Waals surface area contributed by atoms with Gasteiger partial charge in [0.15, 0.2) is 0 Å². The van der Waals surface area contributed by atoms with E-state index in [4.69, 9.17) is 10.3 Å². The zero-order valence-electron chi connectivity index (χ0n) is 11.0. The summed E-state index contributed by atoms with van der Waals surface area (Å²) in [6.07, 6.45) is 1.45. The molecule has 1 saturated carbocycles. The van der Waals surface area contributed by atoms with Crippen molar-refractivity contribution in [1.29, 1.82) is 0 Å². The molecule has 3 rings (SSSR count).